The van der Waals surface area contributed by atoms with Crippen LogP contribution >= 0.6 is 22.7 Å². The minimum Gasteiger partial charge on any atom is -0.351 e. The zero-order chi connectivity index (χ0) is 13.9. The number of aromatic nitrogens is 2. The van der Waals surface area contributed by atoms with Gasteiger partial charge in [0.05, 0.1) is 15.1 Å². The van der Waals surface area contributed by atoms with Crippen LogP contribution in [-0.4, -0.2) is 22.3 Å². The minimum atomic E-state index is -0.0588. The molecule has 0 saturated carbocycles. The molecule has 6 heteroatoms. The van der Waals surface area contributed by atoms with E-state index < -0.39 is 0 Å². The number of nitrogens with one attached hydrogen (secondary N) is 1. The molecule has 0 radical (unpaired) electrons. The van der Waals surface area contributed by atoms with Crippen molar-refractivity contribution in [3.8, 4) is 0 Å². The van der Waals surface area contributed by atoms with E-state index in [4.69, 9.17) is 0 Å². The van der Waals surface area contributed by atoms with Gasteiger partial charge in [0.1, 0.15) is 5.69 Å². The van der Waals surface area contributed by atoms with Crippen LogP contribution in [-0.2, 0) is 0 Å². The van der Waals surface area contributed by atoms with Gasteiger partial charge in [0.2, 0.25) is 11.7 Å². The lowest BCUT2D eigenvalue weighted by atomic mass is 10.2. The molecule has 0 aliphatic heterocycles. The molecule has 4 nitrogen and oxygen atoms in total. The van der Waals surface area contributed by atoms with Crippen LogP contribution in [0.3, 0.4) is 0 Å². The molecule has 100 valence electrons. The van der Waals surface area contributed by atoms with Gasteiger partial charge in [-0.25, -0.2) is 9.97 Å². The van der Waals surface area contributed by atoms with E-state index in [1.54, 1.807) is 6.08 Å². The van der Waals surface area contributed by atoms with Crippen molar-refractivity contribution in [3.05, 3.63) is 52.2 Å². The van der Waals surface area contributed by atoms with E-state index in [2.05, 4.69) is 21.9 Å². The molecule has 0 aliphatic carbocycles. The third kappa shape index (κ3) is 2.35. The van der Waals surface area contributed by atoms with Gasteiger partial charge in [0, 0.05) is 6.54 Å². The SMILES string of the molecule is C=CCNc1nc(C(=O)c2cccs2)c2sccc2n1. The number of hydrogen-bond donors (Lipinski definition) is 1. The summed E-state index contributed by atoms with van der Waals surface area (Å²) in [6, 6.07) is 5.57. The first-order valence-electron chi connectivity index (χ1n) is 5.98. The molecule has 3 aromatic heterocycles. The summed E-state index contributed by atoms with van der Waals surface area (Å²) in [7, 11) is 0. The molecule has 3 aromatic rings. The largest absolute Gasteiger partial charge is 0.351 e. The Morgan fingerprint density at radius 2 is 2.20 bits per heavy atom. The second kappa shape index (κ2) is 5.52. The van der Waals surface area contributed by atoms with Crippen molar-refractivity contribution in [3.63, 3.8) is 0 Å². The molecule has 0 aromatic carbocycles. The van der Waals surface area contributed by atoms with Crippen molar-refractivity contribution in [2.45, 2.75) is 0 Å². The number of ketones is 1. The number of carbonyl (C=O) groups excluding carboxylic acids is 1. The molecule has 3 rings (SSSR count). The highest BCUT2D eigenvalue weighted by Gasteiger charge is 2.18. The maximum atomic E-state index is 12.5. The van der Waals surface area contributed by atoms with Crippen molar-refractivity contribution in [2.75, 3.05) is 11.9 Å². The van der Waals surface area contributed by atoms with Gasteiger partial charge in [-0.3, -0.25) is 4.79 Å². The number of carbonyl (C=O) groups is 1. The quantitative estimate of drug-likeness (QED) is 0.578. The second-order valence-electron chi connectivity index (χ2n) is 4.01. The van der Waals surface area contributed by atoms with Gasteiger partial charge in [0.15, 0.2) is 0 Å². The van der Waals surface area contributed by atoms with Gasteiger partial charge in [-0.2, -0.15) is 0 Å². The predicted octanol–water partition coefficient (Wildman–Crippen LogP) is 3.58. The van der Waals surface area contributed by atoms with Crippen LogP contribution in [0.4, 0.5) is 5.95 Å². The second-order valence-corrected chi connectivity index (χ2v) is 5.87. The number of hydrogen-bond acceptors (Lipinski definition) is 6. The smallest absolute Gasteiger partial charge is 0.224 e. The Kier molecular flexibility index (Phi) is 3.58. The van der Waals surface area contributed by atoms with Crippen LogP contribution in [0.15, 0.2) is 41.6 Å². The van der Waals surface area contributed by atoms with Gasteiger partial charge >= 0.3 is 0 Å². The first-order valence-corrected chi connectivity index (χ1v) is 7.73. The zero-order valence-corrected chi connectivity index (χ0v) is 12.1. The van der Waals surface area contributed by atoms with Crippen molar-refractivity contribution in [2.24, 2.45) is 0 Å². The molecule has 3 heterocycles. The Morgan fingerprint density at radius 1 is 1.30 bits per heavy atom. The van der Waals surface area contributed by atoms with E-state index in [-0.39, 0.29) is 5.78 Å². The normalized spacial score (nSPS) is 10.6. The molecular weight excluding hydrogens is 290 g/mol. The first kappa shape index (κ1) is 13.0. The Bertz CT molecular complexity index is 762. The minimum absolute atomic E-state index is 0.0588. The first-order chi connectivity index (χ1) is 9.79. The molecule has 0 aliphatic rings. The molecule has 20 heavy (non-hydrogen) atoms. The lowest BCUT2D eigenvalue weighted by Gasteiger charge is -2.05. The summed E-state index contributed by atoms with van der Waals surface area (Å²) in [6.07, 6.45) is 1.72. The fraction of sp³-hybridized carbons (Fsp3) is 0.0714. The molecule has 0 spiro atoms. The molecule has 0 saturated heterocycles. The van der Waals surface area contributed by atoms with E-state index in [1.807, 2.05) is 29.0 Å². The molecule has 0 atom stereocenters. The van der Waals surface area contributed by atoms with Crippen molar-refractivity contribution >= 4 is 44.6 Å². The van der Waals surface area contributed by atoms with E-state index >= 15 is 0 Å². The summed E-state index contributed by atoms with van der Waals surface area (Å²) in [6.45, 7) is 4.20. The van der Waals surface area contributed by atoms with Crippen molar-refractivity contribution in [1.82, 2.24) is 9.97 Å². The highest BCUT2D eigenvalue weighted by atomic mass is 32.1. The maximum Gasteiger partial charge on any atom is 0.224 e. The number of fused-ring (bicyclic) bond motifs is 1. The molecule has 0 fully saturated rings. The summed E-state index contributed by atoms with van der Waals surface area (Å²) in [5.41, 5.74) is 1.25. The molecule has 0 unspecified atom stereocenters. The van der Waals surface area contributed by atoms with Gasteiger partial charge in [-0.05, 0) is 22.9 Å². The van der Waals surface area contributed by atoms with Crippen LogP contribution < -0.4 is 5.32 Å². The average Bonchev–Trinajstić information content (AvgIpc) is 3.13. The lowest BCUT2D eigenvalue weighted by molar-refractivity contribution is 0.104. The Balaban J connectivity index is 2.10. The van der Waals surface area contributed by atoms with Crippen LogP contribution in [0.25, 0.3) is 10.2 Å². The van der Waals surface area contributed by atoms with Gasteiger partial charge < -0.3 is 5.32 Å². The topological polar surface area (TPSA) is 54.9 Å². The summed E-state index contributed by atoms with van der Waals surface area (Å²) in [5, 5.41) is 6.84. The maximum absolute atomic E-state index is 12.5. The Morgan fingerprint density at radius 3 is 2.95 bits per heavy atom. The Labute approximate surface area is 123 Å². The molecule has 0 amide bonds. The number of nitrogens with zero attached hydrogens (tertiary/aromatic N) is 2. The van der Waals surface area contributed by atoms with Gasteiger partial charge in [-0.15, -0.1) is 29.3 Å². The highest BCUT2D eigenvalue weighted by molar-refractivity contribution is 7.17. The zero-order valence-electron chi connectivity index (χ0n) is 10.5. The standard InChI is InChI=1S/C14H11N3OS2/c1-2-6-15-14-16-9-5-8-20-13(9)11(17-14)12(18)10-4-3-7-19-10/h2-5,7-8H,1,6H2,(H,15,16,17). The van der Waals surface area contributed by atoms with Gasteiger partial charge in [-0.1, -0.05) is 12.1 Å². The highest BCUT2D eigenvalue weighted by Crippen LogP contribution is 2.26. The third-order valence-corrected chi connectivity index (χ3v) is 4.45. The van der Waals surface area contributed by atoms with Gasteiger partial charge in [0.25, 0.3) is 0 Å². The van der Waals surface area contributed by atoms with Crippen LogP contribution in [0, 0.1) is 0 Å². The summed E-state index contributed by atoms with van der Waals surface area (Å²) < 4.78 is 0.826. The summed E-state index contributed by atoms with van der Waals surface area (Å²) in [4.78, 5) is 22.0. The fourth-order valence-corrected chi connectivity index (χ4v) is 3.27. The van der Waals surface area contributed by atoms with Crippen LogP contribution in [0.2, 0.25) is 0 Å². The van der Waals surface area contributed by atoms with Crippen LogP contribution in [0.1, 0.15) is 15.4 Å². The number of thiophene rings is 2. The molecule has 0 bridgehead atoms. The third-order valence-electron chi connectivity index (χ3n) is 2.67. The predicted molar refractivity (Wildman–Crippen MR) is 83.9 cm³/mol. The van der Waals surface area contributed by atoms with Crippen LogP contribution in [0.5, 0.6) is 0 Å². The fourth-order valence-electron chi connectivity index (χ4n) is 1.78. The number of anilines is 1. The van der Waals surface area contributed by atoms with Crippen molar-refractivity contribution in [1.29, 1.82) is 0 Å². The van der Waals surface area contributed by atoms with E-state index in [1.165, 1.54) is 22.7 Å². The van der Waals surface area contributed by atoms with Crippen molar-refractivity contribution < 1.29 is 4.79 Å². The summed E-state index contributed by atoms with van der Waals surface area (Å²) in [5.74, 6) is 0.396. The van der Waals surface area contributed by atoms with E-state index in [9.17, 15) is 4.79 Å². The lowest BCUT2D eigenvalue weighted by Crippen LogP contribution is -2.08. The summed E-state index contributed by atoms with van der Waals surface area (Å²) >= 11 is 2.90. The Hall–Kier alpha value is -2.05. The average molecular weight is 301 g/mol. The monoisotopic (exact) mass is 301 g/mol. The number of rotatable bonds is 5. The van der Waals surface area contributed by atoms with E-state index in [0.29, 0.717) is 23.1 Å². The molecular formula is C14H11N3OS2. The molecule has 1 N–H and O–H groups in total. The van der Waals surface area contributed by atoms with E-state index in [0.717, 1.165) is 10.2 Å².